The molecule has 3 rings (SSSR count). The predicted molar refractivity (Wildman–Crippen MR) is 79.2 cm³/mol. The molecule has 21 heavy (non-hydrogen) atoms. The van der Waals surface area contributed by atoms with E-state index in [0.29, 0.717) is 17.4 Å². The van der Waals surface area contributed by atoms with Gasteiger partial charge in [0.1, 0.15) is 17.5 Å². The molecule has 1 aromatic heterocycles. The number of nitrogens with one attached hydrogen (secondary N) is 1. The zero-order valence-electron chi connectivity index (χ0n) is 12.0. The standard InChI is InChI=1S/C16H18FN3O/c1-11-18-15(12-5-7-21-8-6-12)10-16(19-11)20-14-4-2-3-13(17)9-14/h2-4,9-10,12H,5-8H2,1H3,(H,18,19,20). The summed E-state index contributed by atoms with van der Waals surface area (Å²) >= 11 is 0. The fourth-order valence-electron chi connectivity index (χ4n) is 2.57. The maximum atomic E-state index is 13.2. The number of hydrogen-bond acceptors (Lipinski definition) is 4. The first-order valence-electron chi connectivity index (χ1n) is 7.16. The topological polar surface area (TPSA) is 47.0 Å². The van der Waals surface area contributed by atoms with Gasteiger partial charge in [0.05, 0.1) is 0 Å². The Morgan fingerprint density at radius 2 is 2.00 bits per heavy atom. The summed E-state index contributed by atoms with van der Waals surface area (Å²) in [6.07, 6.45) is 1.96. The third-order valence-corrected chi connectivity index (χ3v) is 3.59. The smallest absolute Gasteiger partial charge is 0.134 e. The van der Waals surface area contributed by atoms with Gasteiger partial charge in [-0.25, -0.2) is 14.4 Å². The maximum Gasteiger partial charge on any atom is 0.134 e. The van der Waals surface area contributed by atoms with Crippen LogP contribution in [0.5, 0.6) is 0 Å². The summed E-state index contributed by atoms with van der Waals surface area (Å²) in [5.74, 6) is 1.57. The summed E-state index contributed by atoms with van der Waals surface area (Å²) < 4.78 is 18.6. The van der Waals surface area contributed by atoms with Gasteiger partial charge in [-0.15, -0.1) is 0 Å². The van der Waals surface area contributed by atoms with Crippen LogP contribution in [0.1, 0.15) is 30.3 Å². The lowest BCUT2D eigenvalue weighted by molar-refractivity contribution is 0.0844. The molecule has 0 atom stereocenters. The monoisotopic (exact) mass is 287 g/mol. The van der Waals surface area contributed by atoms with Crippen LogP contribution in [0.3, 0.4) is 0 Å². The minimum absolute atomic E-state index is 0.268. The number of nitrogens with zero attached hydrogens (tertiary/aromatic N) is 2. The van der Waals surface area contributed by atoms with Crippen molar-refractivity contribution >= 4 is 11.5 Å². The highest BCUT2D eigenvalue weighted by atomic mass is 19.1. The summed E-state index contributed by atoms with van der Waals surface area (Å²) in [7, 11) is 0. The molecule has 0 saturated carbocycles. The van der Waals surface area contributed by atoms with Crippen LogP contribution >= 0.6 is 0 Å². The Bertz CT molecular complexity index is 627. The Balaban J connectivity index is 1.83. The van der Waals surface area contributed by atoms with Crippen molar-refractivity contribution in [1.82, 2.24) is 9.97 Å². The molecule has 110 valence electrons. The third-order valence-electron chi connectivity index (χ3n) is 3.59. The molecule has 5 heteroatoms. The molecule has 0 radical (unpaired) electrons. The maximum absolute atomic E-state index is 13.2. The molecule has 0 aliphatic carbocycles. The second-order valence-electron chi connectivity index (χ2n) is 5.25. The van der Waals surface area contributed by atoms with E-state index in [-0.39, 0.29) is 5.82 Å². The lowest BCUT2D eigenvalue weighted by Crippen LogP contribution is -2.16. The van der Waals surface area contributed by atoms with Crippen LogP contribution in [0.15, 0.2) is 30.3 Å². The molecule has 0 unspecified atom stereocenters. The normalized spacial score (nSPS) is 15.9. The van der Waals surface area contributed by atoms with Crippen molar-refractivity contribution < 1.29 is 9.13 Å². The first kappa shape index (κ1) is 13.9. The SMILES string of the molecule is Cc1nc(Nc2cccc(F)c2)cc(C2CCOCC2)n1. The van der Waals surface area contributed by atoms with E-state index in [1.807, 2.05) is 19.1 Å². The molecule has 1 saturated heterocycles. The van der Waals surface area contributed by atoms with Crippen LogP contribution in [0.2, 0.25) is 0 Å². The highest BCUT2D eigenvalue weighted by Crippen LogP contribution is 2.27. The Hall–Kier alpha value is -2.01. The van der Waals surface area contributed by atoms with Gasteiger partial charge in [-0.05, 0) is 38.0 Å². The van der Waals surface area contributed by atoms with Gasteiger partial charge in [0.15, 0.2) is 0 Å². The molecule has 1 fully saturated rings. The van der Waals surface area contributed by atoms with Gasteiger partial charge in [-0.3, -0.25) is 0 Å². The zero-order chi connectivity index (χ0) is 14.7. The van der Waals surface area contributed by atoms with Gasteiger partial charge < -0.3 is 10.1 Å². The molecule has 2 heterocycles. The summed E-state index contributed by atoms with van der Waals surface area (Å²) in [4.78, 5) is 8.91. The highest BCUT2D eigenvalue weighted by Gasteiger charge is 2.18. The fourth-order valence-corrected chi connectivity index (χ4v) is 2.57. The average molecular weight is 287 g/mol. The number of anilines is 2. The van der Waals surface area contributed by atoms with Crippen molar-refractivity contribution in [3.63, 3.8) is 0 Å². The fraction of sp³-hybridized carbons (Fsp3) is 0.375. The van der Waals surface area contributed by atoms with Gasteiger partial charge in [0.2, 0.25) is 0 Å². The first-order valence-corrected chi connectivity index (χ1v) is 7.16. The molecular formula is C16H18FN3O. The predicted octanol–water partition coefficient (Wildman–Crippen LogP) is 3.56. The molecule has 0 amide bonds. The molecule has 1 aromatic carbocycles. The van der Waals surface area contributed by atoms with Crippen molar-refractivity contribution in [3.8, 4) is 0 Å². The van der Waals surface area contributed by atoms with Crippen molar-refractivity contribution in [1.29, 1.82) is 0 Å². The van der Waals surface area contributed by atoms with E-state index in [9.17, 15) is 4.39 Å². The van der Waals surface area contributed by atoms with Crippen molar-refractivity contribution in [2.24, 2.45) is 0 Å². The van der Waals surface area contributed by atoms with E-state index in [0.717, 1.165) is 37.6 Å². The number of aryl methyl sites for hydroxylation is 1. The quantitative estimate of drug-likeness (QED) is 0.937. The zero-order valence-corrected chi connectivity index (χ0v) is 12.0. The molecule has 2 aromatic rings. The van der Waals surface area contributed by atoms with Crippen LogP contribution in [-0.4, -0.2) is 23.2 Å². The van der Waals surface area contributed by atoms with E-state index in [4.69, 9.17) is 4.74 Å². The lowest BCUT2D eigenvalue weighted by Gasteiger charge is -2.22. The van der Waals surface area contributed by atoms with Crippen LogP contribution < -0.4 is 5.32 Å². The Morgan fingerprint density at radius 1 is 1.19 bits per heavy atom. The first-order chi connectivity index (χ1) is 10.2. The van der Waals surface area contributed by atoms with Gasteiger partial charge in [0.25, 0.3) is 0 Å². The number of benzene rings is 1. The molecule has 1 N–H and O–H groups in total. The largest absolute Gasteiger partial charge is 0.381 e. The summed E-state index contributed by atoms with van der Waals surface area (Å²) in [5.41, 5.74) is 1.72. The molecule has 1 aliphatic heterocycles. The molecule has 0 spiro atoms. The number of hydrogen-bond donors (Lipinski definition) is 1. The number of ether oxygens (including phenoxy) is 1. The number of aromatic nitrogens is 2. The van der Waals surface area contributed by atoms with Crippen molar-refractivity contribution in [2.45, 2.75) is 25.7 Å². The molecule has 4 nitrogen and oxygen atoms in total. The summed E-state index contributed by atoms with van der Waals surface area (Å²) in [6.45, 7) is 3.43. The third kappa shape index (κ3) is 3.55. The summed E-state index contributed by atoms with van der Waals surface area (Å²) in [5, 5.41) is 3.14. The lowest BCUT2D eigenvalue weighted by atomic mass is 9.96. The van der Waals surface area contributed by atoms with Crippen LogP contribution in [0.25, 0.3) is 0 Å². The second-order valence-corrected chi connectivity index (χ2v) is 5.25. The summed E-state index contributed by atoms with van der Waals surface area (Å²) in [6, 6.07) is 8.31. The van der Waals surface area contributed by atoms with Gasteiger partial charge >= 0.3 is 0 Å². The molecule has 0 bridgehead atoms. The van der Waals surface area contributed by atoms with Gasteiger partial charge in [0, 0.05) is 36.6 Å². The molecule has 1 aliphatic rings. The Labute approximate surface area is 123 Å². The van der Waals surface area contributed by atoms with Crippen molar-refractivity contribution in [3.05, 3.63) is 47.7 Å². The minimum Gasteiger partial charge on any atom is -0.381 e. The van der Waals surface area contributed by atoms with Crippen molar-refractivity contribution in [2.75, 3.05) is 18.5 Å². The average Bonchev–Trinajstić information content (AvgIpc) is 2.47. The number of halogens is 1. The Kier molecular flexibility index (Phi) is 4.10. The van der Waals surface area contributed by atoms with Gasteiger partial charge in [-0.1, -0.05) is 6.07 Å². The highest BCUT2D eigenvalue weighted by molar-refractivity contribution is 5.56. The van der Waals surface area contributed by atoms with Crippen LogP contribution in [0.4, 0.5) is 15.9 Å². The molecular weight excluding hydrogens is 269 g/mol. The van der Waals surface area contributed by atoms with E-state index in [2.05, 4.69) is 15.3 Å². The van der Waals surface area contributed by atoms with E-state index >= 15 is 0 Å². The van der Waals surface area contributed by atoms with E-state index in [1.165, 1.54) is 12.1 Å². The van der Waals surface area contributed by atoms with Gasteiger partial charge in [-0.2, -0.15) is 0 Å². The van der Waals surface area contributed by atoms with Crippen LogP contribution in [0, 0.1) is 12.7 Å². The minimum atomic E-state index is -0.268. The van der Waals surface area contributed by atoms with E-state index in [1.54, 1.807) is 6.07 Å². The Morgan fingerprint density at radius 3 is 2.76 bits per heavy atom. The van der Waals surface area contributed by atoms with E-state index < -0.39 is 0 Å². The van der Waals surface area contributed by atoms with Crippen LogP contribution in [-0.2, 0) is 4.74 Å². The second kappa shape index (κ2) is 6.18. The number of rotatable bonds is 3.